The number of benzene rings is 4. The van der Waals surface area contributed by atoms with Gasteiger partial charge in [0.2, 0.25) is 0 Å². The predicted octanol–water partition coefficient (Wildman–Crippen LogP) is 6.08. The molecule has 5 nitrogen and oxygen atoms in total. The van der Waals surface area contributed by atoms with Crippen molar-refractivity contribution in [1.82, 2.24) is 0 Å². The van der Waals surface area contributed by atoms with Crippen molar-refractivity contribution >= 4 is 17.6 Å². The molecule has 172 valence electrons. The first-order valence-corrected chi connectivity index (χ1v) is 11.7. The molecule has 3 atom stereocenters. The van der Waals surface area contributed by atoms with Gasteiger partial charge in [-0.15, -0.1) is 0 Å². The highest BCUT2D eigenvalue weighted by molar-refractivity contribution is 5.96. The second kappa shape index (κ2) is 8.44. The molecule has 0 aromatic heterocycles. The molecule has 0 amide bonds. The molecule has 1 aliphatic heterocycles. The van der Waals surface area contributed by atoms with Crippen LogP contribution in [0.3, 0.4) is 0 Å². The fraction of sp³-hybridized carbons (Fsp3) is 0.133. The molecule has 0 spiro atoms. The van der Waals surface area contributed by atoms with Gasteiger partial charge in [-0.25, -0.2) is 9.59 Å². The van der Waals surface area contributed by atoms with E-state index in [1.54, 1.807) is 42.5 Å². The Kier molecular flexibility index (Phi) is 5.10. The lowest BCUT2D eigenvalue weighted by atomic mass is 9.75. The molecule has 2 N–H and O–H groups in total. The number of carboxylic acids is 1. The Morgan fingerprint density at radius 2 is 1.51 bits per heavy atom. The van der Waals surface area contributed by atoms with E-state index in [0.29, 0.717) is 17.0 Å². The van der Waals surface area contributed by atoms with Gasteiger partial charge in [0.15, 0.2) is 0 Å². The number of carbonyl (C=O) groups is 2. The van der Waals surface area contributed by atoms with Gasteiger partial charge in [0, 0.05) is 5.92 Å². The Morgan fingerprint density at radius 3 is 2.29 bits per heavy atom. The normalized spacial score (nSPS) is 19.6. The SMILES string of the molecule is O=C(Oc1ccc([C@@H]2Nc3c(C(=O)O)cccc3[C@@H]3c4ccccc4C[C@@H]32)cc1)c1ccccc1. The van der Waals surface area contributed by atoms with E-state index in [1.165, 1.54) is 11.1 Å². The molecule has 2 aliphatic rings. The van der Waals surface area contributed by atoms with Gasteiger partial charge in [0.1, 0.15) is 5.75 Å². The third kappa shape index (κ3) is 3.66. The van der Waals surface area contributed by atoms with Crippen molar-refractivity contribution in [3.8, 4) is 5.75 Å². The zero-order valence-electron chi connectivity index (χ0n) is 18.8. The highest BCUT2D eigenvalue weighted by Crippen LogP contribution is 2.54. The maximum atomic E-state index is 12.4. The summed E-state index contributed by atoms with van der Waals surface area (Å²) in [4.78, 5) is 24.5. The molecule has 6 rings (SSSR count). The smallest absolute Gasteiger partial charge is 0.343 e. The minimum absolute atomic E-state index is 0.0840. The fourth-order valence-electron chi connectivity index (χ4n) is 5.58. The van der Waals surface area contributed by atoms with Crippen LogP contribution in [0.1, 0.15) is 54.9 Å². The Labute approximate surface area is 203 Å². The topological polar surface area (TPSA) is 75.6 Å². The third-order valence-electron chi connectivity index (χ3n) is 7.12. The standard InChI is InChI=1S/C30H23NO4/c32-29(33)24-12-6-11-23-26-22-10-5-4-9-20(22)17-25(26)27(31-28(23)24)18-13-15-21(16-14-18)35-30(34)19-7-2-1-3-8-19/h1-16,25-27,31H,17H2,(H,32,33)/t25-,26-,27-/m0/s1. The van der Waals surface area contributed by atoms with E-state index in [4.69, 9.17) is 4.74 Å². The second-order valence-corrected chi connectivity index (χ2v) is 9.07. The van der Waals surface area contributed by atoms with Crippen molar-refractivity contribution in [3.05, 3.63) is 130 Å². The van der Waals surface area contributed by atoms with E-state index in [2.05, 4.69) is 29.6 Å². The summed E-state index contributed by atoms with van der Waals surface area (Å²) in [7, 11) is 0. The maximum absolute atomic E-state index is 12.4. The number of carboxylic acid groups (broad SMARTS) is 1. The molecular weight excluding hydrogens is 438 g/mol. The van der Waals surface area contributed by atoms with Gasteiger partial charge in [-0.2, -0.15) is 0 Å². The zero-order valence-corrected chi connectivity index (χ0v) is 18.8. The van der Waals surface area contributed by atoms with Crippen LogP contribution in [0.15, 0.2) is 97.1 Å². The summed E-state index contributed by atoms with van der Waals surface area (Å²) in [5.74, 6) is -0.526. The maximum Gasteiger partial charge on any atom is 0.343 e. The fourth-order valence-corrected chi connectivity index (χ4v) is 5.58. The van der Waals surface area contributed by atoms with Gasteiger partial charge in [0.05, 0.1) is 22.9 Å². The van der Waals surface area contributed by atoms with Crippen LogP contribution in [-0.4, -0.2) is 17.0 Å². The number of hydrogen-bond acceptors (Lipinski definition) is 4. The summed E-state index contributed by atoms with van der Waals surface area (Å²) in [5.41, 5.74) is 6.08. The second-order valence-electron chi connectivity index (χ2n) is 9.07. The molecule has 4 aromatic carbocycles. The average Bonchev–Trinajstić information content (AvgIpc) is 3.29. The van der Waals surface area contributed by atoms with Gasteiger partial charge >= 0.3 is 11.9 Å². The summed E-state index contributed by atoms with van der Waals surface area (Å²) < 4.78 is 5.55. The Bertz CT molecular complexity index is 1430. The number of aromatic carboxylic acids is 1. The largest absolute Gasteiger partial charge is 0.478 e. The van der Waals surface area contributed by atoms with Crippen LogP contribution < -0.4 is 10.1 Å². The minimum atomic E-state index is -0.944. The van der Waals surface area contributed by atoms with Crippen molar-refractivity contribution in [3.63, 3.8) is 0 Å². The predicted molar refractivity (Wildman–Crippen MR) is 133 cm³/mol. The molecule has 35 heavy (non-hydrogen) atoms. The van der Waals surface area contributed by atoms with Crippen LogP contribution in [-0.2, 0) is 6.42 Å². The Balaban J connectivity index is 1.35. The monoisotopic (exact) mass is 461 g/mol. The lowest BCUT2D eigenvalue weighted by molar-refractivity contribution is 0.0695. The van der Waals surface area contributed by atoms with Crippen LogP contribution in [0.4, 0.5) is 5.69 Å². The number of hydrogen-bond donors (Lipinski definition) is 2. The summed E-state index contributed by atoms with van der Waals surface area (Å²) in [6, 6.07) is 30.3. The van der Waals surface area contributed by atoms with Crippen LogP contribution in [0.5, 0.6) is 5.75 Å². The van der Waals surface area contributed by atoms with Crippen LogP contribution >= 0.6 is 0 Å². The molecule has 4 aromatic rings. The zero-order chi connectivity index (χ0) is 23.9. The quantitative estimate of drug-likeness (QED) is 0.285. The highest BCUT2D eigenvalue weighted by Gasteiger charge is 2.44. The highest BCUT2D eigenvalue weighted by atomic mass is 16.5. The van der Waals surface area contributed by atoms with Crippen molar-refractivity contribution in [1.29, 1.82) is 0 Å². The molecule has 0 radical (unpaired) electrons. The molecule has 0 unspecified atom stereocenters. The molecular formula is C30H23NO4. The molecule has 1 aliphatic carbocycles. The number of rotatable bonds is 4. The van der Waals surface area contributed by atoms with Crippen LogP contribution in [0.25, 0.3) is 0 Å². The van der Waals surface area contributed by atoms with E-state index < -0.39 is 11.9 Å². The van der Waals surface area contributed by atoms with E-state index in [-0.39, 0.29) is 23.4 Å². The van der Waals surface area contributed by atoms with Crippen LogP contribution in [0, 0.1) is 5.92 Å². The van der Waals surface area contributed by atoms with Crippen LogP contribution in [0.2, 0.25) is 0 Å². The molecule has 5 heteroatoms. The van der Waals surface area contributed by atoms with Crippen molar-refractivity contribution in [2.24, 2.45) is 5.92 Å². The van der Waals surface area contributed by atoms with Gasteiger partial charge in [-0.3, -0.25) is 0 Å². The van der Waals surface area contributed by atoms with Gasteiger partial charge in [-0.05, 0) is 64.9 Å². The van der Waals surface area contributed by atoms with E-state index in [9.17, 15) is 14.7 Å². The summed E-state index contributed by atoms with van der Waals surface area (Å²) in [6.45, 7) is 0. The van der Waals surface area contributed by atoms with Gasteiger partial charge in [0.25, 0.3) is 0 Å². The average molecular weight is 462 g/mol. The van der Waals surface area contributed by atoms with E-state index in [1.807, 2.05) is 30.3 Å². The van der Waals surface area contributed by atoms with Gasteiger partial charge in [-0.1, -0.05) is 66.7 Å². The minimum Gasteiger partial charge on any atom is -0.478 e. The van der Waals surface area contributed by atoms with Crippen molar-refractivity contribution < 1.29 is 19.4 Å². The number of esters is 1. The van der Waals surface area contributed by atoms with Crippen molar-refractivity contribution in [2.75, 3.05) is 5.32 Å². The number of nitrogens with one attached hydrogen (secondary N) is 1. The van der Waals surface area contributed by atoms with Crippen molar-refractivity contribution in [2.45, 2.75) is 18.4 Å². The number of ether oxygens (including phenoxy) is 1. The summed E-state index contributed by atoms with van der Waals surface area (Å²) in [6.07, 6.45) is 0.903. The molecule has 0 saturated carbocycles. The lowest BCUT2D eigenvalue weighted by Crippen LogP contribution is -2.31. The summed E-state index contributed by atoms with van der Waals surface area (Å²) in [5, 5.41) is 13.4. The Morgan fingerprint density at radius 1 is 0.800 bits per heavy atom. The lowest BCUT2D eigenvalue weighted by Gasteiger charge is -2.38. The molecule has 0 fully saturated rings. The van der Waals surface area contributed by atoms with Gasteiger partial charge < -0.3 is 15.2 Å². The number of para-hydroxylation sites is 1. The number of carbonyl (C=O) groups excluding carboxylic acids is 1. The van der Waals surface area contributed by atoms with E-state index in [0.717, 1.165) is 17.5 Å². The Hall–Kier alpha value is -4.38. The third-order valence-corrected chi connectivity index (χ3v) is 7.12. The van der Waals surface area contributed by atoms with E-state index >= 15 is 0 Å². The molecule has 0 bridgehead atoms. The summed E-state index contributed by atoms with van der Waals surface area (Å²) >= 11 is 0. The first-order chi connectivity index (χ1) is 17.1. The number of fused-ring (bicyclic) bond motifs is 5. The first kappa shape index (κ1) is 21.2. The molecule has 0 saturated heterocycles. The molecule has 1 heterocycles. The first-order valence-electron chi connectivity index (χ1n) is 11.7. The number of anilines is 1.